The molecule has 0 N–H and O–H groups in total. The van der Waals surface area contributed by atoms with Crippen molar-refractivity contribution in [1.82, 2.24) is 14.8 Å². The highest BCUT2D eigenvalue weighted by Gasteiger charge is 2.35. The Morgan fingerprint density at radius 3 is 2.59 bits per heavy atom. The van der Waals surface area contributed by atoms with Crippen molar-refractivity contribution in [3.05, 3.63) is 71.9 Å². The highest BCUT2D eigenvalue weighted by molar-refractivity contribution is 5.96. The van der Waals surface area contributed by atoms with Gasteiger partial charge in [-0.25, -0.2) is 4.98 Å². The quantitative estimate of drug-likeness (QED) is 0.738. The van der Waals surface area contributed by atoms with Gasteiger partial charge >= 0.3 is 0 Å². The topological polar surface area (TPSA) is 62.7 Å². The maximum atomic E-state index is 12.7. The fourth-order valence-electron chi connectivity index (χ4n) is 2.94. The number of amides is 2. The lowest BCUT2D eigenvalue weighted by Crippen LogP contribution is -2.61. The first kappa shape index (κ1) is 18.6. The fraction of sp³-hybridized carbons (Fsp3) is 0.286. The molecule has 6 nitrogen and oxygen atoms in total. The Hall–Kier alpha value is -3.15. The number of likely N-dealkylation sites (N-methyl/N-ethyl adjacent to an activating group) is 1. The van der Waals surface area contributed by atoms with Gasteiger partial charge in [0.25, 0.3) is 5.91 Å². The number of rotatable bonds is 6. The van der Waals surface area contributed by atoms with Crippen molar-refractivity contribution in [2.45, 2.75) is 19.6 Å². The lowest BCUT2D eigenvalue weighted by molar-refractivity contribution is -0.129. The van der Waals surface area contributed by atoms with E-state index < -0.39 is 0 Å². The Morgan fingerprint density at radius 2 is 1.96 bits per heavy atom. The molecule has 140 valence electrons. The highest BCUT2D eigenvalue weighted by atomic mass is 16.5. The Labute approximate surface area is 159 Å². The van der Waals surface area contributed by atoms with E-state index in [1.165, 1.54) is 6.08 Å². The molecule has 27 heavy (non-hydrogen) atoms. The molecule has 1 aliphatic rings. The number of pyridine rings is 1. The molecule has 2 amide bonds. The van der Waals surface area contributed by atoms with Crippen molar-refractivity contribution in [2.75, 3.05) is 20.1 Å². The molecule has 1 aromatic heterocycles. The first-order chi connectivity index (χ1) is 13.0. The number of hydrogen-bond acceptors (Lipinski definition) is 4. The van der Waals surface area contributed by atoms with Crippen LogP contribution in [0.2, 0.25) is 0 Å². The molecule has 0 radical (unpaired) electrons. The van der Waals surface area contributed by atoms with Crippen molar-refractivity contribution >= 4 is 11.8 Å². The van der Waals surface area contributed by atoms with Crippen molar-refractivity contribution in [3.8, 4) is 5.88 Å². The van der Waals surface area contributed by atoms with Crippen LogP contribution < -0.4 is 4.74 Å². The van der Waals surface area contributed by atoms with Crippen LogP contribution in [0.1, 0.15) is 21.6 Å². The molecule has 1 saturated heterocycles. The molecule has 2 aromatic rings. The summed E-state index contributed by atoms with van der Waals surface area (Å²) in [5.41, 5.74) is 2.24. The number of benzene rings is 1. The zero-order chi connectivity index (χ0) is 19.4. The molecule has 2 heterocycles. The number of ether oxygens (including phenoxy) is 1. The first-order valence-electron chi connectivity index (χ1n) is 8.82. The average Bonchev–Trinajstić information content (AvgIpc) is 2.65. The summed E-state index contributed by atoms with van der Waals surface area (Å²) in [5.74, 6) is 0.279. The van der Waals surface area contributed by atoms with Crippen LogP contribution in [0.5, 0.6) is 5.88 Å². The van der Waals surface area contributed by atoms with E-state index in [1.54, 1.807) is 35.9 Å². The van der Waals surface area contributed by atoms with Crippen molar-refractivity contribution in [1.29, 1.82) is 0 Å². The van der Waals surface area contributed by atoms with Crippen LogP contribution in [0.3, 0.4) is 0 Å². The minimum atomic E-state index is -0.134. The maximum absolute atomic E-state index is 12.7. The van der Waals surface area contributed by atoms with Crippen LogP contribution in [-0.4, -0.2) is 52.8 Å². The summed E-state index contributed by atoms with van der Waals surface area (Å²) in [7, 11) is 1.72. The largest absolute Gasteiger partial charge is 0.473 e. The summed E-state index contributed by atoms with van der Waals surface area (Å²) in [4.78, 5) is 32.0. The molecule has 0 saturated carbocycles. The van der Waals surface area contributed by atoms with Gasteiger partial charge in [0.05, 0.1) is 17.3 Å². The Kier molecular flexibility index (Phi) is 5.54. The summed E-state index contributed by atoms with van der Waals surface area (Å²) in [5, 5.41) is 0. The maximum Gasteiger partial charge on any atom is 0.255 e. The minimum absolute atomic E-state index is 0.0289. The monoisotopic (exact) mass is 365 g/mol. The van der Waals surface area contributed by atoms with Crippen LogP contribution in [0, 0.1) is 6.92 Å². The van der Waals surface area contributed by atoms with Crippen LogP contribution in [0.4, 0.5) is 0 Å². The molecular weight excluding hydrogens is 342 g/mol. The van der Waals surface area contributed by atoms with Gasteiger partial charge in [-0.05, 0) is 24.6 Å². The van der Waals surface area contributed by atoms with Gasteiger partial charge in [0, 0.05) is 26.2 Å². The Bertz CT molecular complexity index is 845. The summed E-state index contributed by atoms with van der Waals surface area (Å²) < 4.78 is 5.71. The standard InChI is InChI=1S/C21H23N3O3/c1-4-20(25)23(3)17-12-24(13-17)21(26)18-10-11-19(22-15(18)2)27-14-16-8-6-5-7-9-16/h4-11,17H,1,12-14H2,2-3H3. The van der Waals surface area contributed by atoms with Gasteiger partial charge in [-0.1, -0.05) is 36.9 Å². The van der Waals surface area contributed by atoms with Gasteiger partial charge in [0.15, 0.2) is 0 Å². The number of nitrogens with zero attached hydrogens (tertiary/aromatic N) is 3. The second kappa shape index (κ2) is 8.03. The Morgan fingerprint density at radius 1 is 1.26 bits per heavy atom. The number of carbonyl (C=O) groups is 2. The molecule has 3 rings (SSSR count). The average molecular weight is 365 g/mol. The minimum Gasteiger partial charge on any atom is -0.473 e. The molecule has 1 aromatic carbocycles. The van der Waals surface area contributed by atoms with Gasteiger partial charge in [0.1, 0.15) is 6.61 Å². The van der Waals surface area contributed by atoms with Crippen molar-refractivity contribution in [3.63, 3.8) is 0 Å². The number of aryl methyl sites for hydroxylation is 1. The lowest BCUT2D eigenvalue weighted by Gasteiger charge is -2.43. The van der Waals surface area contributed by atoms with E-state index in [2.05, 4.69) is 11.6 Å². The number of carbonyl (C=O) groups excluding carboxylic acids is 2. The van der Waals surface area contributed by atoms with Crippen LogP contribution >= 0.6 is 0 Å². The molecule has 0 bridgehead atoms. The van der Waals surface area contributed by atoms with E-state index in [0.29, 0.717) is 36.8 Å². The van der Waals surface area contributed by atoms with Gasteiger partial charge in [0.2, 0.25) is 11.8 Å². The van der Waals surface area contributed by atoms with Gasteiger partial charge in [-0.3, -0.25) is 9.59 Å². The molecule has 0 spiro atoms. The number of aromatic nitrogens is 1. The fourth-order valence-corrected chi connectivity index (χ4v) is 2.94. The predicted octanol–water partition coefficient (Wildman–Crippen LogP) is 2.44. The summed E-state index contributed by atoms with van der Waals surface area (Å²) in [6.45, 7) is 6.74. The Balaban J connectivity index is 1.58. The van der Waals surface area contributed by atoms with Gasteiger partial charge < -0.3 is 14.5 Å². The van der Waals surface area contributed by atoms with Crippen LogP contribution in [0.15, 0.2) is 55.1 Å². The third-order valence-corrected chi connectivity index (χ3v) is 4.74. The number of hydrogen-bond donors (Lipinski definition) is 0. The SMILES string of the molecule is C=CC(=O)N(C)C1CN(C(=O)c2ccc(OCc3ccccc3)nc2C)C1. The van der Waals surface area contributed by atoms with E-state index in [0.717, 1.165) is 5.56 Å². The molecule has 1 aliphatic heterocycles. The van der Waals surface area contributed by atoms with Gasteiger partial charge in [-0.15, -0.1) is 0 Å². The van der Waals surface area contributed by atoms with E-state index in [9.17, 15) is 9.59 Å². The third-order valence-electron chi connectivity index (χ3n) is 4.74. The number of likely N-dealkylation sites (tertiary alicyclic amines) is 1. The van der Waals surface area contributed by atoms with E-state index >= 15 is 0 Å². The third kappa shape index (κ3) is 4.16. The second-order valence-electron chi connectivity index (χ2n) is 6.57. The molecule has 0 aliphatic carbocycles. The van der Waals surface area contributed by atoms with Crippen molar-refractivity contribution in [2.24, 2.45) is 0 Å². The normalized spacial score (nSPS) is 13.6. The van der Waals surface area contributed by atoms with E-state index in [-0.39, 0.29) is 17.9 Å². The lowest BCUT2D eigenvalue weighted by atomic mass is 10.0. The molecule has 0 unspecified atom stereocenters. The predicted molar refractivity (Wildman–Crippen MR) is 102 cm³/mol. The summed E-state index contributed by atoms with van der Waals surface area (Å²) in [6.07, 6.45) is 1.28. The van der Waals surface area contributed by atoms with Gasteiger partial charge in [-0.2, -0.15) is 0 Å². The summed E-state index contributed by atoms with van der Waals surface area (Å²) >= 11 is 0. The van der Waals surface area contributed by atoms with E-state index in [4.69, 9.17) is 4.74 Å². The van der Waals surface area contributed by atoms with Crippen LogP contribution in [0.25, 0.3) is 0 Å². The van der Waals surface area contributed by atoms with E-state index in [1.807, 2.05) is 30.3 Å². The zero-order valence-electron chi connectivity index (χ0n) is 15.6. The molecular formula is C21H23N3O3. The molecule has 6 heteroatoms. The molecule has 1 fully saturated rings. The smallest absolute Gasteiger partial charge is 0.255 e. The highest BCUT2D eigenvalue weighted by Crippen LogP contribution is 2.21. The first-order valence-corrected chi connectivity index (χ1v) is 8.82. The summed E-state index contributed by atoms with van der Waals surface area (Å²) in [6, 6.07) is 13.3. The van der Waals surface area contributed by atoms with Crippen molar-refractivity contribution < 1.29 is 14.3 Å². The second-order valence-corrected chi connectivity index (χ2v) is 6.57. The van der Waals surface area contributed by atoms with Crippen LogP contribution in [-0.2, 0) is 11.4 Å². The molecule has 0 atom stereocenters. The zero-order valence-corrected chi connectivity index (χ0v) is 15.6.